The summed E-state index contributed by atoms with van der Waals surface area (Å²) in [7, 11) is 0. The molecule has 1 aromatic heterocycles. The fraction of sp³-hybridized carbons (Fsp3) is 0.545. The monoisotopic (exact) mass is 254 g/mol. The minimum absolute atomic E-state index is 0.211. The number of nitrogens with one attached hydrogen (secondary N) is 2. The largest absolute Gasteiger partial charge is 0.338 e. The highest BCUT2D eigenvalue weighted by Crippen LogP contribution is 2.00. The van der Waals surface area contributed by atoms with E-state index >= 15 is 0 Å². The molecule has 0 radical (unpaired) electrons. The van der Waals surface area contributed by atoms with E-state index in [9.17, 15) is 14.4 Å². The van der Waals surface area contributed by atoms with Crippen molar-refractivity contribution in [1.29, 1.82) is 0 Å². The Morgan fingerprint density at radius 2 is 1.78 bits per heavy atom. The summed E-state index contributed by atoms with van der Waals surface area (Å²) in [5.74, 6) is 0.211. The van der Waals surface area contributed by atoms with Gasteiger partial charge in [0.25, 0.3) is 5.56 Å². The van der Waals surface area contributed by atoms with Crippen LogP contribution in [0.15, 0.2) is 15.7 Å². The van der Waals surface area contributed by atoms with Gasteiger partial charge in [0, 0.05) is 25.7 Å². The molecule has 0 fully saturated rings. The second-order valence-corrected chi connectivity index (χ2v) is 3.62. The highest BCUT2D eigenvalue weighted by atomic mass is 16.2. The summed E-state index contributed by atoms with van der Waals surface area (Å²) in [6, 6.07) is 0.816. The average Bonchev–Trinajstić information content (AvgIpc) is 2.29. The smallest absolute Gasteiger partial charge is 0.332 e. The lowest BCUT2D eigenvalue weighted by Gasteiger charge is -2.13. The zero-order valence-corrected chi connectivity index (χ0v) is 10.8. The summed E-state index contributed by atoms with van der Waals surface area (Å²) in [5, 5.41) is 5.03. The first-order valence-electron chi connectivity index (χ1n) is 5.94. The number of nitrogens with zero attached hydrogens (tertiary/aromatic N) is 2. The minimum atomic E-state index is -0.437. The standard InChI is InChI=1S/C11H18N4O3/c1-4-12-10(17)13-8-7-9(16)15(6-3)11(18)14(8)5-2/h7H,4-6H2,1-3H3,(H2,12,13,17). The van der Waals surface area contributed by atoms with Gasteiger partial charge in [-0.05, 0) is 20.8 Å². The molecular weight excluding hydrogens is 236 g/mol. The number of urea groups is 1. The fourth-order valence-corrected chi connectivity index (χ4v) is 1.64. The van der Waals surface area contributed by atoms with Crippen LogP contribution in [0.5, 0.6) is 0 Å². The summed E-state index contributed by atoms with van der Waals surface area (Å²) in [4.78, 5) is 35.1. The molecule has 0 aliphatic carbocycles. The molecule has 0 aromatic carbocycles. The lowest BCUT2D eigenvalue weighted by atomic mass is 10.5. The van der Waals surface area contributed by atoms with Crippen molar-refractivity contribution in [1.82, 2.24) is 14.5 Å². The van der Waals surface area contributed by atoms with Crippen LogP contribution in [0.2, 0.25) is 0 Å². The summed E-state index contributed by atoms with van der Waals surface area (Å²) in [6.45, 7) is 6.42. The van der Waals surface area contributed by atoms with Crippen molar-refractivity contribution in [2.45, 2.75) is 33.9 Å². The third kappa shape index (κ3) is 2.79. The van der Waals surface area contributed by atoms with E-state index in [4.69, 9.17) is 0 Å². The maximum absolute atomic E-state index is 12.0. The summed E-state index contributed by atoms with van der Waals surface area (Å²) < 4.78 is 2.46. The molecule has 7 nitrogen and oxygen atoms in total. The molecule has 0 saturated carbocycles. The van der Waals surface area contributed by atoms with Crippen LogP contribution in [0.3, 0.4) is 0 Å². The predicted molar refractivity (Wildman–Crippen MR) is 69.0 cm³/mol. The first kappa shape index (κ1) is 14.0. The number of carbonyl (C=O) groups is 1. The zero-order valence-electron chi connectivity index (χ0n) is 10.8. The second-order valence-electron chi connectivity index (χ2n) is 3.62. The lowest BCUT2D eigenvalue weighted by molar-refractivity contribution is 0.252. The number of carbonyl (C=O) groups excluding carboxylic acids is 1. The van der Waals surface area contributed by atoms with E-state index in [1.807, 2.05) is 0 Å². The van der Waals surface area contributed by atoms with E-state index in [1.165, 1.54) is 10.6 Å². The van der Waals surface area contributed by atoms with Crippen molar-refractivity contribution in [3.05, 3.63) is 26.9 Å². The van der Waals surface area contributed by atoms with Crippen LogP contribution in [0.4, 0.5) is 10.6 Å². The predicted octanol–water partition coefficient (Wildman–Crippen LogP) is 0.191. The van der Waals surface area contributed by atoms with Gasteiger partial charge in [-0.3, -0.25) is 19.2 Å². The molecule has 18 heavy (non-hydrogen) atoms. The molecule has 0 atom stereocenters. The zero-order chi connectivity index (χ0) is 13.7. The molecule has 0 spiro atoms. The molecule has 0 aliphatic rings. The maximum Gasteiger partial charge on any atom is 0.332 e. The van der Waals surface area contributed by atoms with Crippen LogP contribution in [0, 0.1) is 0 Å². The first-order chi connectivity index (χ1) is 8.54. The Kier molecular flexibility index (Phi) is 4.70. The van der Waals surface area contributed by atoms with Gasteiger partial charge in [-0.15, -0.1) is 0 Å². The number of amides is 2. The van der Waals surface area contributed by atoms with Gasteiger partial charge in [0.05, 0.1) is 0 Å². The molecule has 2 N–H and O–H groups in total. The van der Waals surface area contributed by atoms with E-state index in [2.05, 4.69) is 10.6 Å². The van der Waals surface area contributed by atoms with E-state index in [1.54, 1.807) is 20.8 Å². The van der Waals surface area contributed by atoms with Crippen LogP contribution < -0.4 is 21.9 Å². The van der Waals surface area contributed by atoms with Gasteiger partial charge in [-0.2, -0.15) is 0 Å². The number of anilines is 1. The molecule has 1 aromatic rings. The third-order valence-corrected chi connectivity index (χ3v) is 2.49. The summed E-state index contributed by atoms with van der Waals surface area (Å²) >= 11 is 0. The van der Waals surface area contributed by atoms with Gasteiger partial charge < -0.3 is 5.32 Å². The van der Waals surface area contributed by atoms with Gasteiger partial charge in [0.1, 0.15) is 5.82 Å². The second kappa shape index (κ2) is 6.04. The van der Waals surface area contributed by atoms with Crippen LogP contribution in [-0.4, -0.2) is 21.7 Å². The topological polar surface area (TPSA) is 85.1 Å². The van der Waals surface area contributed by atoms with Gasteiger partial charge in [-0.25, -0.2) is 9.59 Å². The molecular formula is C11H18N4O3. The lowest BCUT2D eigenvalue weighted by Crippen LogP contribution is -2.41. The van der Waals surface area contributed by atoms with Gasteiger partial charge in [0.15, 0.2) is 0 Å². The van der Waals surface area contributed by atoms with Crippen LogP contribution in [0.25, 0.3) is 0 Å². The van der Waals surface area contributed by atoms with Crippen molar-refractivity contribution in [2.24, 2.45) is 0 Å². The molecule has 1 heterocycles. The Bertz CT molecular complexity index is 544. The highest BCUT2D eigenvalue weighted by molar-refractivity contribution is 5.88. The molecule has 0 unspecified atom stereocenters. The number of hydrogen-bond donors (Lipinski definition) is 2. The van der Waals surface area contributed by atoms with Gasteiger partial charge in [0.2, 0.25) is 0 Å². The van der Waals surface area contributed by atoms with Gasteiger partial charge >= 0.3 is 11.7 Å². The maximum atomic E-state index is 12.0. The molecule has 2 amide bonds. The molecule has 7 heteroatoms. The number of hydrogen-bond acceptors (Lipinski definition) is 3. The fourth-order valence-electron chi connectivity index (χ4n) is 1.64. The van der Waals surface area contributed by atoms with Gasteiger partial charge in [-0.1, -0.05) is 0 Å². The number of aromatic nitrogens is 2. The average molecular weight is 254 g/mol. The summed E-state index contributed by atoms with van der Waals surface area (Å²) in [5.41, 5.74) is -0.835. The SMILES string of the molecule is CCNC(=O)Nc1cc(=O)n(CC)c(=O)n1CC. The molecule has 0 saturated heterocycles. The minimum Gasteiger partial charge on any atom is -0.338 e. The first-order valence-corrected chi connectivity index (χ1v) is 5.94. The van der Waals surface area contributed by atoms with Crippen molar-refractivity contribution < 1.29 is 4.79 Å². The Balaban J connectivity index is 3.25. The quantitative estimate of drug-likeness (QED) is 0.804. The van der Waals surface area contributed by atoms with E-state index in [0.29, 0.717) is 19.6 Å². The Morgan fingerprint density at radius 1 is 1.17 bits per heavy atom. The van der Waals surface area contributed by atoms with E-state index in [0.717, 1.165) is 4.57 Å². The Morgan fingerprint density at radius 3 is 2.28 bits per heavy atom. The molecule has 1 rings (SSSR count). The van der Waals surface area contributed by atoms with Crippen molar-refractivity contribution in [3.8, 4) is 0 Å². The number of rotatable bonds is 4. The van der Waals surface area contributed by atoms with Crippen LogP contribution >= 0.6 is 0 Å². The van der Waals surface area contributed by atoms with E-state index in [-0.39, 0.29) is 5.82 Å². The normalized spacial score (nSPS) is 10.2. The Labute approximate surface area is 104 Å². The highest BCUT2D eigenvalue weighted by Gasteiger charge is 2.11. The van der Waals surface area contributed by atoms with Crippen molar-refractivity contribution in [3.63, 3.8) is 0 Å². The van der Waals surface area contributed by atoms with Crippen LogP contribution in [-0.2, 0) is 13.1 Å². The van der Waals surface area contributed by atoms with Crippen LogP contribution in [0.1, 0.15) is 20.8 Å². The molecule has 0 aliphatic heterocycles. The van der Waals surface area contributed by atoms with E-state index < -0.39 is 17.3 Å². The third-order valence-electron chi connectivity index (χ3n) is 2.49. The Hall–Kier alpha value is -2.05. The summed E-state index contributed by atoms with van der Waals surface area (Å²) in [6.07, 6.45) is 0. The van der Waals surface area contributed by atoms with Crippen molar-refractivity contribution >= 4 is 11.8 Å². The molecule has 0 bridgehead atoms. The molecule has 100 valence electrons. The van der Waals surface area contributed by atoms with Crippen molar-refractivity contribution in [2.75, 3.05) is 11.9 Å².